The van der Waals surface area contributed by atoms with Gasteiger partial charge in [-0.15, -0.1) is 0 Å². The largest absolute Gasteiger partial charge is 0.492 e. The summed E-state index contributed by atoms with van der Waals surface area (Å²) in [4.78, 5) is 10.9. The van der Waals surface area contributed by atoms with Gasteiger partial charge in [-0.3, -0.25) is 4.79 Å². The zero-order valence-electron chi connectivity index (χ0n) is 10.4. The summed E-state index contributed by atoms with van der Waals surface area (Å²) in [6.07, 6.45) is 1.27. The predicted molar refractivity (Wildman–Crippen MR) is 75.3 cm³/mol. The molecule has 0 saturated heterocycles. The predicted octanol–water partition coefficient (Wildman–Crippen LogP) is 4.37. The number of hydrogen-bond acceptors (Lipinski definition) is 2. The first-order chi connectivity index (χ1) is 8.33. The third kappa shape index (κ3) is 4.50. The fourth-order valence-corrected chi connectivity index (χ4v) is 2.19. The molecule has 0 aromatic heterocycles. The third-order valence-corrected chi connectivity index (χ3v) is 3.53. The SMILES string of the molecule is CC(C)(CCCOc1ccc(Cl)cc1Br)C(=O)O. The lowest BCUT2D eigenvalue weighted by atomic mass is 9.88. The van der Waals surface area contributed by atoms with E-state index in [1.165, 1.54) is 0 Å². The van der Waals surface area contributed by atoms with Crippen molar-refractivity contribution in [1.82, 2.24) is 0 Å². The Morgan fingerprint density at radius 3 is 2.72 bits per heavy atom. The normalized spacial score (nSPS) is 11.3. The van der Waals surface area contributed by atoms with Crippen LogP contribution in [-0.4, -0.2) is 17.7 Å². The molecule has 18 heavy (non-hydrogen) atoms. The lowest BCUT2D eigenvalue weighted by Crippen LogP contribution is -2.24. The van der Waals surface area contributed by atoms with Crippen molar-refractivity contribution in [3.63, 3.8) is 0 Å². The van der Waals surface area contributed by atoms with Crippen LogP contribution in [0.4, 0.5) is 0 Å². The molecule has 1 aromatic carbocycles. The van der Waals surface area contributed by atoms with E-state index in [0.29, 0.717) is 30.2 Å². The quantitative estimate of drug-likeness (QED) is 0.785. The Morgan fingerprint density at radius 2 is 2.17 bits per heavy atom. The van der Waals surface area contributed by atoms with Crippen LogP contribution in [0.25, 0.3) is 0 Å². The molecule has 3 nitrogen and oxygen atoms in total. The van der Waals surface area contributed by atoms with E-state index in [9.17, 15) is 4.79 Å². The first kappa shape index (κ1) is 15.3. The third-order valence-electron chi connectivity index (χ3n) is 2.68. The van der Waals surface area contributed by atoms with Gasteiger partial charge in [-0.05, 0) is 60.8 Å². The first-order valence-electron chi connectivity index (χ1n) is 5.64. The van der Waals surface area contributed by atoms with E-state index < -0.39 is 11.4 Å². The van der Waals surface area contributed by atoms with E-state index in [-0.39, 0.29) is 0 Å². The molecule has 1 aromatic rings. The highest BCUT2D eigenvalue weighted by Gasteiger charge is 2.26. The van der Waals surface area contributed by atoms with Crippen molar-refractivity contribution < 1.29 is 14.6 Å². The minimum atomic E-state index is -0.782. The van der Waals surface area contributed by atoms with Gasteiger partial charge in [0, 0.05) is 5.02 Å². The van der Waals surface area contributed by atoms with Gasteiger partial charge in [0.2, 0.25) is 0 Å². The van der Waals surface area contributed by atoms with Crippen molar-refractivity contribution in [2.45, 2.75) is 26.7 Å². The molecule has 0 atom stereocenters. The van der Waals surface area contributed by atoms with E-state index in [0.717, 1.165) is 4.47 Å². The monoisotopic (exact) mass is 334 g/mol. The maximum Gasteiger partial charge on any atom is 0.309 e. The summed E-state index contributed by atoms with van der Waals surface area (Å²) in [5.74, 6) is -0.0669. The number of halogens is 2. The summed E-state index contributed by atoms with van der Waals surface area (Å²) >= 11 is 9.18. The van der Waals surface area contributed by atoms with E-state index in [2.05, 4.69) is 15.9 Å². The molecule has 0 saturated carbocycles. The topological polar surface area (TPSA) is 46.5 Å². The summed E-state index contributed by atoms with van der Waals surface area (Å²) in [6, 6.07) is 5.30. The van der Waals surface area contributed by atoms with E-state index in [4.69, 9.17) is 21.4 Å². The fourth-order valence-electron chi connectivity index (χ4n) is 1.40. The van der Waals surface area contributed by atoms with Gasteiger partial charge in [0.1, 0.15) is 5.75 Å². The van der Waals surface area contributed by atoms with Crippen molar-refractivity contribution >= 4 is 33.5 Å². The second-order valence-corrected chi connectivity index (χ2v) is 6.01. The number of carboxylic acids is 1. The molecule has 0 aliphatic heterocycles. The van der Waals surface area contributed by atoms with Crippen LogP contribution in [-0.2, 0) is 4.79 Å². The van der Waals surface area contributed by atoms with Gasteiger partial charge < -0.3 is 9.84 Å². The summed E-state index contributed by atoms with van der Waals surface area (Å²) in [7, 11) is 0. The molecule has 0 aliphatic carbocycles. The van der Waals surface area contributed by atoms with E-state index in [1.807, 2.05) is 0 Å². The van der Waals surface area contributed by atoms with Crippen LogP contribution < -0.4 is 4.74 Å². The molecular formula is C13H16BrClO3. The highest BCUT2D eigenvalue weighted by atomic mass is 79.9. The molecule has 0 heterocycles. The second kappa shape index (κ2) is 6.43. The minimum Gasteiger partial charge on any atom is -0.492 e. The van der Waals surface area contributed by atoms with Crippen LogP contribution in [0.2, 0.25) is 5.02 Å². The second-order valence-electron chi connectivity index (χ2n) is 4.72. The molecule has 5 heteroatoms. The highest BCUT2D eigenvalue weighted by molar-refractivity contribution is 9.10. The van der Waals surface area contributed by atoms with Crippen molar-refractivity contribution in [1.29, 1.82) is 0 Å². The van der Waals surface area contributed by atoms with Crippen molar-refractivity contribution in [3.05, 3.63) is 27.7 Å². The smallest absolute Gasteiger partial charge is 0.309 e. The number of ether oxygens (including phenoxy) is 1. The Hall–Kier alpha value is -0.740. The number of aliphatic carboxylic acids is 1. The van der Waals surface area contributed by atoms with Crippen molar-refractivity contribution in [3.8, 4) is 5.75 Å². The molecule has 0 spiro atoms. The number of benzene rings is 1. The van der Waals surface area contributed by atoms with Gasteiger partial charge >= 0.3 is 5.97 Å². The van der Waals surface area contributed by atoms with Gasteiger partial charge in [-0.1, -0.05) is 11.6 Å². The van der Waals surface area contributed by atoms with Crippen LogP contribution in [0, 0.1) is 5.41 Å². The molecule has 1 N–H and O–H groups in total. The number of rotatable bonds is 6. The average molecular weight is 336 g/mol. The summed E-state index contributed by atoms with van der Waals surface area (Å²) in [6.45, 7) is 3.91. The maximum absolute atomic E-state index is 10.9. The molecule has 100 valence electrons. The Kier molecular flexibility index (Phi) is 5.47. The van der Waals surface area contributed by atoms with Crippen LogP contribution in [0.3, 0.4) is 0 Å². The molecule has 0 bridgehead atoms. The molecule has 0 amide bonds. The molecule has 1 rings (SSSR count). The minimum absolute atomic E-state index is 0.483. The fraction of sp³-hybridized carbons (Fsp3) is 0.462. The van der Waals surface area contributed by atoms with E-state index in [1.54, 1.807) is 32.0 Å². The summed E-state index contributed by atoms with van der Waals surface area (Å²) < 4.78 is 6.37. The highest BCUT2D eigenvalue weighted by Crippen LogP contribution is 2.28. The maximum atomic E-state index is 10.9. The first-order valence-corrected chi connectivity index (χ1v) is 6.81. The van der Waals surface area contributed by atoms with Crippen LogP contribution in [0.5, 0.6) is 5.75 Å². The lowest BCUT2D eigenvalue weighted by molar-refractivity contribution is -0.147. The van der Waals surface area contributed by atoms with Gasteiger partial charge in [0.15, 0.2) is 0 Å². The van der Waals surface area contributed by atoms with Crippen LogP contribution in [0.15, 0.2) is 22.7 Å². The zero-order chi connectivity index (χ0) is 13.8. The van der Waals surface area contributed by atoms with Crippen LogP contribution in [0.1, 0.15) is 26.7 Å². The van der Waals surface area contributed by atoms with E-state index >= 15 is 0 Å². The van der Waals surface area contributed by atoms with Crippen molar-refractivity contribution in [2.75, 3.05) is 6.61 Å². The zero-order valence-corrected chi connectivity index (χ0v) is 12.7. The standard InChI is InChI=1S/C13H16BrClO3/c1-13(2,12(16)17)6-3-7-18-11-5-4-9(15)8-10(11)14/h4-5,8H,3,6-7H2,1-2H3,(H,16,17). The van der Waals surface area contributed by atoms with Gasteiger partial charge in [0.25, 0.3) is 0 Å². The Balaban J connectivity index is 2.41. The molecule has 0 fully saturated rings. The van der Waals surface area contributed by atoms with Gasteiger partial charge in [0.05, 0.1) is 16.5 Å². The number of carboxylic acid groups (broad SMARTS) is 1. The summed E-state index contributed by atoms with van der Waals surface area (Å²) in [5.41, 5.74) is -0.708. The van der Waals surface area contributed by atoms with Gasteiger partial charge in [-0.2, -0.15) is 0 Å². The average Bonchev–Trinajstić information content (AvgIpc) is 2.26. The Labute approximate surface area is 120 Å². The Morgan fingerprint density at radius 1 is 1.50 bits per heavy atom. The lowest BCUT2D eigenvalue weighted by Gasteiger charge is -2.18. The van der Waals surface area contributed by atoms with Crippen LogP contribution >= 0.6 is 27.5 Å². The van der Waals surface area contributed by atoms with Gasteiger partial charge in [-0.25, -0.2) is 0 Å². The molecule has 0 radical (unpaired) electrons. The summed E-state index contributed by atoms with van der Waals surface area (Å²) in [5, 5.41) is 9.61. The van der Waals surface area contributed by atoms with Crippen molar-refractivity contribution in [2.24, 2.45) is 5.41 Å². The molecular weight excluding hydrogens is 319 g/mol. The molecule has 0 aliphatic rings. The number of carbonyl (C=O) groups is 1. The number of hydrogen-bond donors (Lipinski definition) is 1. The molecule has 0 unspecified atom stereocenters. The Bertz CT molecular complexity index is 432.